The molecule has 5 rings (SSSR count). The fraction of sp³-hybridized carbons (Fsp3) is 0.290. The molecule has 4 aromatic rings. The van der Waals surface area contributed by atoms with Crippen LogP contribution in [0.4, 0.5) is 17.1 Å². The van der Waals surface area contributed by atoms with Gasteiger partial charge >= 0.3 is 0 Å². The van der Waals surface area contributed by atoms with Gasteiger partial charge < -0.3 is 29.7 Å². The molecule has 0 spiro atoms. The van der Waals surface area contributed by atoms with Crippen LogP contribution < -0.4 is 24.8 Å². The predicted molar refractivity (Wildman–Crippen MR) is 162 cm³/mol. The number of rotatable bonds is 10. The lowest BCUT2D eigenvalue weighted by atomic mass is 10.0. The largest absolute Gasteiger partial charge is 0.487 e. The Labute approximate surface area is 249 Å². The molecule has 10 nitrogen and oxygen atoms in total. The van der Waals surface area contributed by atoms with Crippen molar-refractivity contribution in [2.75, 3.05) is 44.5 Å². The maximum Gasteiger partial charge on any atom is 0.257 e. The highest BCUT2D eigenvalue weighted by molar-refractivity contribution is 6.32. The smallest absolute Gasteiger partial charge is 0.257 e. The van der Waals surface area contributed by atoms with Gasteiger partial charge in [0.05, 0.1) is 21.8 Å². The van der Waals surface area contributed by atoms with Crippen LogP contribution in [0.15, 0.2) is 48.8 Å². The van der Waals surface area contributed by atoms with Gasteiger partial charge in [-0.15, -0.1) is 0 Å². The van der Waals surface area contributed by atoms with Gasteiger partial charge in [-0.1, -0.05) is 11.6 Å². The van der Waals surface area contributed by atoms with E-state index in [1.165, 1.54) is 6.20 Å². The zero-order chi connectivity index (χ0) is 29.6. The van der Waals surface area contributed by atoms with Crippen LogP contribution in [0, 0.1) is 18.3 Å². The fourth-order valence-corrected chi connectivity index (χ4v) is 4.76. The molecule has 3 heterocycles. The normalized spacial score (nSPS) is 12.2. The maximum atomic E-state index is 12.6. The standard InChI is InChI=1S/C31H31ClN6O4/c1-19-11-26-23(14-25(19)37-29(39)5-4-8-38(2)3)30(21(15-33)17-34-26)36-22-6-7-27(24(32)13-22)42-18-20-12-28-31(35-16-20)41-10-9-40-28/h6-7,11-14,16-17H,4-5,8-10,18H2,1-3H3,(H,34,36)(H,37,39). The number of aryl methyl sites for hydroxylation is 1. The molecule has 2 aromatic heterocycles. The summed E-state index contributed by atoms with van der Waals surface area (Å²) in [4.78, 5) is 23.4. The quantitative estimate of drug-likeness (QED) is 0.236. The Kier molecular flexibility index (Phi) is 8.91. The van der Waals surface area contributed by atoms with E-state index in [9.17, 15) is 10.1 Å². The van der Waals surface area contributed by atoms with Crippen LogP contribution in [-0.4, -0.2) is 54.6 Å². The molecule has 1 aliphatic heterocycles. The summed E-state index contributed by atoms with van der Waals surface area (Å²) < 4.78 is 17.0. The molecule has 2 aromatic carbocycles. The summed E-state index contributed by atoms with van der Waals surface area (Å²) in [6, 6.07) is 13.1. The molecule has 0 saturated carbocycles. The van der Waals surface area contributed by atoms with E-state index < -0.39 is 0 Å². The highest BCUT2D eigenvalue weighted by atomic mass is 35.5. The van der Waals surface area contributed by atoms with Crippen molar-refractivity contribution < 1.29 is 19.0 Å². The maximum absolute atomic E-state index is 12.6. The number of anilines is 3. The first kappa shape index (κ1) is 28.9. The van der Waals surface area contributed by atoms with Crippen molar-refractivity contribution in [1.82, 2.24) is 14.9 Å². The summed E-state index contributed by atoms with van der Waals surface area (Å²) in [5.41, 5.74) is 4.65. The van der Waals surface area contributed by atoms with Gasteiger partial charge in [-0.3, -0.25) is 9.78 Å². The van der Waals surface area contributed by atoms with E-state index in [0.29, 0.717) is 75.6 Å². The van der Waals surface area contributed by atoms with Crippen molar-refractivity contribution in [3.8, 4) is 23.4 Å². The van der Waals surface area contributed by atoms with E-state index in [0.717, 1.165) is 24.1 Å². The van der Waals surface area contributed by atoms with Crippen LogP contribution in [0.3, 0.4) is 0 Å². The first-order chi connectivity index (χ1) is 20.3. The van der Waals surface area contributed by atoms with Crippen molar-refractivity contribution in [3.63, 3.8) is 0 Å². The second-order valence-electron chi connectivity index (χ2n) is 10.2. The number of nitrogens with zero attached hydrogens (tertiary/aromatic N) is 4. The molecule has 0 radical (unpaired) electrons. The number of aromatic nitrogens is 2. The van der Waals surface area contributed by atoms with Gasteiger partial charge in [0.15, 0.2) is 5.75 Å². The zero-order valence-electron chi connectivity index (χ0n) is 23.7. The molecular weight excluding hydrogens is 556 g/mol. The molecule has 2 N–H and O–H groups in total. The molecule has 0 unspecified atom stereocenters. The Bertz CT molecular complexity index is 1670. The molecule has 0 aliphatic carbocycles. The molecule has 11 heteroatoms. The number of hydrogen-bond donors (Lipinski definition) is 2. The summed E-state index contributed by atoms with van der Waals surface area (Å²) in [6.45, 7) is 3.95. The molecule has 0 atom stereocenters. The molecule has 0 saturated heterocycles. The summed E-state index contributed by atoms with van der Waals surface area (Å²) >= 11 is 6.58. The van der Waals surface area contributed by atoms with Crippen LogP contribution in [0.25, 0.3) is 10.9 Å². The van der Waals surface area contributed by atoms with Gasteiger partial charge in [0, 0.05) is 41.1 Å². The lowest BCUT2D eigenvalue weighted by Crippen LogP contribution is -2.17. The van der Waals surface area contributed by atoms with Crippen molar-refractivity contribution in [2.24, 2.45) is 0 Å². The van der Waals surface area contributed by atoms with Crippen LogP contribution >= 0.6 is 11.6 Å². The van der Waals surface area contributed by atoms with Gasteiger partial charge in [0.1, 0.15) is 31.6 Å². The minimum Gasteiger partial charge on any atom is -0.487 e. The number of pyridine rings is 2. The summed E-state index contributed by atoms with van der Waals surface area (Å²) in [6.07, 6.45) is 4.38. The van der Waals surface area contributed by atoms with E-state index >= 15 is 0 Å². The number of hydrogen-bond acceptors (Lipinski definition) is 9. The van der Waals surface area contributed by atoms with E-state index in [2.05, 4.69) is 26.7 Å². The van der Waals surface area contributed by atoms with Crippen LogP contribution in [0.2, 0.25) is 5.02 Å². The third kappa shape index (κ3) is 6.82. The number of carbonyl (C=O) groups is 1. The summed E-state index contributed by atoms with van der Waals surface area (Å²) in [7, 11) is 3.96. The number of fused-ring (bicyclic) bond motifs is 2. The van der Waals surface area contributed by atoms with E-state index in [-0.39, 0.29) is 12.5 Å². The Morgan fingerprint density at radius 2 is 1.98 bits per heavy atom. The summed E-state index contributed by atoms with van der Waals surface area (Å²) in [5.74, 6) is 1.50. The third-order valence-electron chi connectivity index (χ3n) is 6.67. The molecule has 1 aliphatic rings. The van der Waals surface area contributed by atoms with E-state index in [1.807, 2.05) is 50.2 Å². The average Bonchev–Trinajstić information content (AvgIpc) is 2.97. The average molecular weight is 587 g/mol. The van der Waals surface area contributed by atoms with Crippen LogP contribution in [0.5, 0.6) is 17.4 Å². The number of ether oxygens (including phenoxy) is 3. The number of carbonyl (C=O) groups excluding carboxylic acids is 1. The highest BCUT2D eigenvalue weighted by Gasteiger charge is 2.16. The number of halogens is 1. The lowest BCUT2D eigenvalue weighted by Gasteiger charge is -2.18. The SMILES string of the molecule is Cc1cc2ncc(C#N)c(Nc3ccc(OCc4cnc5c(c4)OCCO5)c(Cl)c3)c2cc1NC(=O)CCCN(C)C. The van der Waals surface area contributed by atoms with Gasteiger partial charge in [0.2, 0.25) is 5.91 Å². The van der Waals surface area contributed by atoms with Crippen molar-refractivity contribution in [2.45, 2.75) is 26.4 Å². The number of nitriles is 1. The molecular formula is C31H31ClN6O4. The molecule has 0 fully saturated rings. The predicted octanol–water partition coefficient (Wildman–Crippen LogP) is 5.84. The topological polar surface area (TPSA) is 122 Å². The number of benzene rings is 2. The van der Waals surface area contributed by atoms with Crippen LogP contribution in [0.1, 0.15) is 29.5 Å². The second kappa shape index (κ2) is 12.9. The molecule has 216 valence electrons. The van der Waals surface area contributed by atoms with Crippen molar-refractivity contribution >= 4 is 45.5 Å². The zero-order valence-corrected chi connectivity index (χ0v) is 24.4. The number of nitrogens with one attached hydrogen (secondary N) is 2. The van der Waals surface area contributed by atoms with Gasteiger partial charge in [-0.05, 0) is 75.9 Å². The summed E-state index contributed by atoms with van der Waals surface area (Å²) in [5, 5.41) is 17.3. The van der Waals surface area contributed by atoms with Gasteiger partial charge in [-0.2, -0.15) is 5.26 Å². The Balaban J connectivity index is 1.34. The highest BCUT2D eigenvalue weighted by Crippen LogP contribution is 2.35. The van der Waals surface area contributed by atoms with E-state index in [4.69, 9.17) is 25.8 Å². The second-order valence-corrected chi connectivity index (χ2v) is 10.6. The Hall–Kier alpha value is -4.59. The van der Waals surface area contributed by atoms with Gasteiger partial charge in [0.25, 0.3) is 5.88 Å². The minimum atomic E-state index is -0.0624. The first-order valence-corrected chi connectivity index (χ1v) is 13.9. The molecule has 0 bridgehead atoms. The Morgan fingerprint density at radius 3 is 2.76 bits per heavy atom. The van der Waals surface area contributed by atoms with Crippen molar-refractivity contribution in [1.29, 1.82) is 5.26 Å². The first-order valence-electron chi connectivity index (χ1n) is 13.5. The Morgan fingerprint density at radius 1 is 1.14 bits per heavy atom. The fourth-order valence-electron chi connectivity index (χ4n) is 4.52. The van der Waals surface area contributed by atoms with Gasteiger partial charge in [-0.25, -0.2) is 4.98 Å². The third-order valence-corrected chi connectivity index (χ3v) is 6.96. The number of amides is 1. The monoisotopic (exact) mass is 586 g/mol. The molecule has 42 heavy (non-hydrogen) atoms. The van der Waals surface area contributed by atoms with Crippen molar-refractivity contribution in [3.05, 3.63) is 70.5 Å². The van der Waals surface area contributed by atoms with Crippen LogP contribution in [-0.2, 0) is 11.4 Å². The van der Waals surface area contributed by atoms with E-state index in [1.54, 1.807) is 18.3 Å². The molecule has 1 amide bonds. The minimum absolute atomic E-state index is 0.0624. The lowest BCUT2D eigenvalue weighted by molar-refractivity contribution is -0.116.